The quantitative estimate of drug-likeness (QED) is 0.413. The summed E-state index contributed by atoms with van der Waals surface area (Å²) in [6, 6.07) is 0. The number of aldehydes is 1. The van der Waals surface area contributed by atoms with Gasteiger partial charge in [0.2, 0.25) is 0 Å². The summed E-state index contributed by atoms with van der Waals surface area (Å²) in [7, 11) is 0. The molecule has 0 saturated carbocycles. The minimum absolute atomic E-state index is 0.335. The first-order valence-electron chi connectivity index (χ1n) is 8.36. The lowest BCUT2D eigenvalue weighted by molar-refractivity contribution is -0.104. The Balaban J connectivity index is 2.52. The molecule has 118 valence electrons. The van der Waals surface area contributed by atoms with Gasteiger partial charge in [-0.15, -0.1) is 0 Å². The highest BCUT2D eigenvalue weighted by molar-refractivity contribution is 5.65. The van der Waals surface area contributed by atoms with Crippen LogP contribution in [0.1, 0.15) is 73.1 Å². The first kappa shape index (κ1) is 17.9. The van der Waals surface area contributed by atoms with E-state index in [1.165, 1.54) is 31.3 Å². The molecule has 0 N–H and O–H groups in total. The molecule has 0 fully saturated rings. The maximum absolute atomic E-state index is 10.4. The number of hydrogen-bond acceptors (Lipinski definition) is 1. The van der Waals surface area contributed by atoms with Gasteiger partial charge in [0.05, 0.1) is 0 Å². The monoisotopic (exact) mass is 288 g/mol. The van der Waals surface area contributed by atoms with Crippen molar-refractivity contribution in [1.82, 2.24) is 0 Å². The lowest BCUT2D eigenvalue weighted by Gasteiger charge is -2.33. The van der Waals surface area contributed by atoms with Crippen molar-refractivity contribution in [2.45, 2.75) is 73.1 Å². The Morgan fingerprint density at radius 2 is 2.10 bits per heavy atom. The van der Waals surface area contributed by atoms with Crippen LogP contribution in [0.4, 0.5) is 0 Å². The maximum atomic E-state index is 10.4. The molecule has 0 spiro atoms. The van der Waals surface area contributed by atoms with Gasteiger partial charge in [-0.2, -0.15) is 0 Å². The third-order valence-electron chi connectivity index (χ3n) is 4.72. The molecule has 0 bridgehead atoms. The minimum atomic E-state index is 0.335. The van der Waals surface area contributed by atoms with Crippen LogP contribution in [0.25, 0.3) is 0 Å². The van der Waals surface area contributed by atoms with E-state index in [0.717, 1.165) is 19.1 Å². The summed E-state index contributed by atoms with van der Waals surface area (Å²) in [6.45, 7) is 11.4. The number of allylic oxidation sites excluding steroid dienone is 6. The summed E-state index contributed by atoms with van der Waals surface area (Å²) >= 11 is 0. The van der Waals surface area contributed by atoms with Gasteiger partial charge >= 0.3 is 0 Å². The molecule has 0 aromatic heterocycles. The van der Waals surface area contributed by atoms with E-state index < -0.39 is 0 Å². The second-order valence-corrected chi connectivity index (χ2v) is 7.31. The summed E-state index contributed by atoms with van der Waals surface area (Å²) in [5.74, 6) is 0.604. The van der Waals surface area contributed by atoms with Crippen LogP contribution < -0.4 is 0 Å². The molecule has 1 atom stereocenters. The van der Waals surface area contributed by atoms with Crippen molar-refractivity contribution in [2.24, 2.45) is 11.3 Å². The van der Waals surface area contributed by atoms with Gasteiger partial charge in [0.1, 0.15) is 6.29 Å². The van der Waals surface area contributed by atoms with Gasteiger partial charge in [0.15, 0.2) is 0 Å². The molecule has 0 amide bonds. The number of rotatable bonds is 7. The van der Waals surface area contributed by atoms with E-state index in [-0.39, 0.29) is 0 Å². The average molecular weight is 288 g/mol. The molecule has 0 saturated heterocycles. The van der Waals surface area contributed by atoms with Crippen LogP contribution in [0, 0.1) is 11.3 Å². The highest BCUT2D eigenvalue weighted by Crippen LogP contribution is 2.40. The molecule has 1 nitrogen and oxygen atoms in total. The highest BCUT2D eigenvalue weighted by Gasteiger charge is 2.26. The largest absolute Gasteiger partial charge is 0.299 e. The fourth-order valence-corrected chi connectivity index (χ4v) is 3.27. The number of carbonyl (C=O) groups excluding carboxylic acids is 1. The van der Waals surface area contributed by atoms with Gasteiger partial charge in [-0.25, -0.2) is 0 Å². The Bertz CT molecular complexity index is 435. The number of carbonyl (C=O) groups is 1. The average Bonchev–Trinajstić information content (AvgIpc) is 2.37. The van der Waals surface area contributed by atoms with E-state index in [2.05, 4.69) is 39.8 Å². The molecule has 1 aliphatic carbocycles. The Kier molecular flexibility index (Phi) is 7.14. The van der Waals surface area contributed by atoms with Crippen LogP contribution >= 0.6 is 0 Å². The summed E-state index contributed by atoms with van der Waals surface area (Å²) in [6.07, 6.45) is 14.6. The zero-order chi connectivity index (χ0) is 15.9. The standard InChI is InChI=1S/C20H32O/c1-16(8-6-9-17(2)13-15-21)11-12-19-18(3)10-7-14-20(19,4)5/h11-13,15-16H,6-10,14H2,1-5H3/b12-11+,17-13+. The number of hydrogen-bond donors (Lipinski definition) is 0. The summed E-state index contributed by atoms with van der Waals surface area (Å²) in [5.41, 5.74) is 4.65. The fourth-order valence-electron chi connectivity index (χ4n) is 3.27. The maximum Gasteiger partial charge on any atom is 0.142 e. The first-order valence-corrected chi connectivity index (χ1v) is 8.36. The lowest BCUT2D eigenvalue weighted by Crippen LogP contribution is -2.19. The van der Waals surface area contributed by atoms with E-state index in [4.69, 9.17) is 0 Å². The Morgan fingerprint density at radius 1 is 1.38 bits per heavy atom. The molecule has 1 rings (SSSR count). The molecule has 0 aromatic carbocycles. The zero-order valence-corrected chi connectivity index (χ0v) is 14.5. The van der Waals surface area contributed by atoms with E-state index in [1.54, 1.807) is 17.2 Å². The lowest BCUT2D eigenvalue weighted by atomic mass is 9.72. The molecule has 21 heavy (non-hydrogen) atoms. The fraction of sp³-hybridized carbons (Fsp3) is 0.650. The minimum Gasteiger partial charge on any atom is -0.299 e. The van der Waals surface area contributed by atoms with E-state index in [9.17, 15) is 4.79 Å². The molecular weight excluding hydrogens is 256 g/mol. The SMILES string of the molecule is CC1=C(/C=C/C(C)CCC/C(C)=C/C=O)C(C)(C)CCC1. The van der Waals surface area contributed by atoms with Crippen molar-refractivity contribution in [3.05, 3.63) is 34.9 Å². The Labute approximate surface area is 131 Å². The molecular formula is C20H32O. The van der Waals surface area contributed by atoms with Crippen molar-refractivity contribution in [3.63, 3.8) is 0 Å². The zero-order valence-electron chi connectivity index (χ0n) is 14.5. The molecule has 0 aliphatic heterocycles. The summed E-state index contributed by atoms with van der Waals surface area (Å²) in [4.78, 5) is 10.4. The van der Waals surface area contributed by atoms with Crippen LogP contribution in [-0.4, -0.2) is 6.29 Å². The van der Waals surface area contributed by atoms with Crippen LogP contribution in [0.15, 0.2) is 34.9 Å². The summed E-state index contributed by atoms with van der Waals surface area (Å²) < 4.78 is 0. The van der Waals surface area contributed by atoms with Crippen molar-refractivity contribution in [3.8, 4) is 0 Å². The molecule has 0 aromatic rings. The normalized spacial score (nSPS) is 20.9. The van der Waals surface area contributed by atoms with Crippen molar-refractivity contribution < 1.29 is 4.79 Å². The second kappa shape index (κ2) is 8.36. The van der Waals surface area contributed by atoms with Crippen molar-refractivity contribution >= 4 is 6.29 Å². The first-order chi connectivity index (χ1) is 9.86. The Morgan fingerprint density at radius 3 is 2.71 bits per heavy atom. The van der Waals surface area contributed by atoms with Gasteiger partial charge in [-0.05, 0) is 75.4 Å². The predicted octanol–water partition coefficient (Wildman–Crippen LogP) is 6.02. The van der Waals surface area contributed by atoms with Crippen LogP contribution in [0.2, 0.25) is 0 Å². The molecule has 1 aliphatic rings. The topological polar surface area (TPSA) is 17.1 Å². The van der Waals surface area contributed by atoms with Crippen molar-refractivity contribution in [1.29, 1.82) is 0 Å². The van der Waals surface area contributed by atoms with Gasteiger partial charge < -0.3 is 0 Å². The van der Waals surface area contributed by atoms with Crippen LogP contribution in [0.3, 0.4) is 0 Å². The third kappa shape index (κ3) is 6.03. The Hall–Kier alpha value is -1.11. The van der Waals surface area contributed by atoms with Gasteiger partial charge in [-0.1, -0.05) is 44.1 Å². The summed E-state index contributed by atoms with van der Waals surface area (Å²) in [5, 5.41) is 0. The van der Waals surface area contributed by atoms with E-state index >= 15 is 0 Å². The predicted molar refractivity (Wildman–Crippen MR) is 92.3 cm³/mol. The van der Waals surface area contributed by atoms with Gasteiger partial charge in [0, 0.05) is 0 Å². The molecule has 0 heterocycles. The molecule has 1 heteroatoms. The smallest absolute Gasteiger partial charge is 0.142 e. The van der Waals surface area contributed by atoms with Gasteiger partial charge in [-0.3, -0.25) is 4.79 Å². The van der Waals surface area contributed by atoms with E-state index in [0.29, 0.717) is 11.3 Å². The highest BCUT2D eigenvalue weighted by atomic mass is 16.1. The van der Waals surface area contributed by atoms with Crippen LogP contribution in [0.5, 0.6) is 0 Å². The molecule has 1 unspecified atom stereocenters. The molecule has 0 radical (unpaired) electrons. The van der Waals surface area contributed by atoms with Crippen LogP contribution in [-0.2, 0) is 4.79 Å². The third-order valence-corrected chi connectivity index (χ3v) is 4.72. The van der Waals surface area contributed by atoms with E-state index in [1.807, 2.05) is 6.92 Å². The van der Waals surface area contributed by atoms with Crippen molar-refractivity contribution in [2.75, 3.05) is 0 Å². The van der Waals surface area contributed by atoms with Gasteiger partial charge in [0.25, 0.3) is 0 Å². The second-order valence-electron chi connectivity index (χ2n) is 7.31.